The summed E-state index contributed by atoms with van der Waals surface area (Å²) in [6, 6.07) is 9.37. The maximum Gasteiger partial charge on any atom is 0.281 e. The number of fused-ring (bicyclic) bond motifs is 2. The van der Waals surface area contributed by atoms with E-state index in [0.717, 1.165) is 17.8 Å². The van der Waals surface area contributed by atoms with Crippen molar-refractivity contribution in [1.82, 2.24) is 18.4 Å². The average molecular weight is 487 g/mol. The van der Waals surface area contributed by atoms with E-state index < -0.39 is 0 Å². The zero-order valence-electron chi connectivity index (χ0n) is 18.0. The molecule has 1 N–H and O–H groups in total. The zero-order chi connectivity index (χ0) is 23.7. The molecule has 0 fully saturated rings. The molecule has 0 aliphatic rings. The fourth-order valence-electron chi connectivity index (χ4n) is 3.69. The SMILES string of the molecule is CCc1cn2ccc(Cl)c2c(=O)[nH]1.CCc1cn2ccc(Cl)c2c(=O)n1-c1cccc(F)c1. The topological polar surface area (TPSA) is 63.7 Å². The highest BCUT2D eigenvalue weighted by Crippen LogP contribution is 2.18. The second-order valence-electron chi connectivity index (χ2n) is 7.40. The van der Waals surface area contributed by atoms with Crippen LogP contribution in [0.5, 0.6) is 0 Å². The van der Waals surface area contributed by atoms with Crippen LogP contribution in [0, 0.1) is 5.82 Å². The van der Waals surface area contributed by atoms with E-state index >= 15 is 0 Å². The van der Waals surface area contributed by atoms with Gasteiger partial charge in [0.05, 0.1) is 15.7 Å². The number of nitrogens with one attached hydrogen (secondary N) is 1. The Kier molecular flexibility index (Phi) is 6.44. The maximum absolute atomic E-state index is 13.4. The highest BCUT2D eigenvalue weighted by atomic mass is 35.5. The molecular formula is C24H21Cl2FN4O2. The number of hydrogen-bond donors (Lipinski definition) is 1. The van der Waals surface area contributed by atoms with Gasteiger partial charge in [0.15, 0.2) is 0 Å². The summed E-state index contributed by atoms with van der Waals surface area (Å²) in [6.07, 6.45) is 8.70. The summed E-state index contributed by atoms with van der Waals surface area (Å²) in [4.78, 5) is 26.9. The molecule has 5 aromatic rings. The summed E-state index contributed by atoms with van der Waals surface area (Å²) in [5.41, 5.74) is 2.74. The second kappa shape index (κ2) is 9.29. The average Bonchev–Trinajstić information content (AvgIpc) is 3.36. The quantitative estimate of drug-likeness (QED) is 0.376. The molecule has 5 rings (SSSR count). The number of rotatable bonds is 3. The van der Waals surface area contributed by atoms with Gasteiger partial charge in [0.1, 0.15) is 16.9 Å². The van der Waals surface area contributed by atoms with Gasteiger partial charge in [-0.25, -0.2) is 4.39 Å². The number of hydrogen-bond acceptors (Lipinski definition) is 2. The minimum absolute atomic E-state index is 0.130. The van der Waals surface area contributed by atoms with Crippen LogP contribution >= 0.6 is 23.2 Å². The van der Waals surface area contributed by atoms with E-state index in [0.29, 0.717) is 33.2 Å². The third-order valence-electron chi connectivity index (χ3n) is 5.31. The van der Waals surface area contributed by atoms with Gasteiger partial charge >= 0.3 is 0 Å². The van der Waals surface area contributed by atoms with E-state index in [2.05, 4.69) is 4.98 Å². The monoisotopic (exact) mass is 486 g/mol. The Bertz CT molecular complexity index is 1580. The van der Waals surface area contributed by atoms with Crippen LogP contribution in [-0.2, 0) is 12.8 Å². The van der Waals surface area contributed by atoms with Crippen LogP contribution < -0.4 is 11.1 Å². The highest BCUT2D eigenvalue weighted by Gasteiger charge is 2.13. The highest BCUT2D eigenvalue weighted by molar-refractivity contribution is 6.34. The summed E-state index contributed by atoms with van der Waals surface area (Å²) in [6.45, 7) is 3.93. The largest absolute Gasteiger partial charge is 0.323 e. The van der Waals surface area contributed by atoms with Crippen molar-refractivity contribution < 1.29 is 4.39 Å². The van der Waals surface area contributed by atoms with Gasteiger partial charge in [0.2, 0.25) is 0 Å². The summed E-state index contributed by atoms with van der Waals surface area (Å²) < 4.78 is 18.4. The molecule has 9 heteroatoms. The lowest BCUT2D eigenvalue weighted by molar-refractivity contribution is 0.626. The zero-order valence-corrected chi connectivity index (χ0v) is 19.5. The number of aryl methyl sites for hydroxylation is 2. The van der Waals surface area contributed by atoms with Gasteiger partial charge < -0.3 is 13.8 Å². The minimum atomic E-state index is -0.377. The first kappa shape index (κ1) is 22.9. The molecule has 0 saturated carbocycles. The molecule has 0 spiro atoms. The lowest BCUT2D eigenvalue weighted by atomic mass is 10.2. The fourth-order valence-corrected chi connectivity index (χ4v) is 4.16. The van der Waals surface area contributed by atoms with Gasteiger partial charge in [0.25, 0.3) is 11.1 Å². The molecule has 0 saturated heterocycles. The Morgan fingerprint density at radius 2 is 1.58 bits per heavy atom. The molecule has 0 bridgehead atoms. The lowest BCUT2D eigenvalue weighted by Crippen LogP contribution is -2.23. The number of halogens is 3. The summed E-state index contributed by atoms with van der Waals surface area (Å²) in [5, 5.41) is 0.881. The van der Waals surface area contributed by atoms with Crippen LogP contribution in [0.25, 0.3) is 16.7 Å². The van der Waals surface area contributed by atoms with Crippen molar-refractivity contribution in [2.75, 3.05) is 0 Å². The molecule has 0 radical (unpaired) electrons. The van der Waals surface area contributed by atoms with Crippen LogP contribution in [0.15, 0.2) is 70.8 Å². The van der Waals surface area contributed by atoms with E-state index in [9.17, 15) is 14.0 Å². The van der Waals surface area contributed by atoms with Crippen LogP contribution in [0.1, 0.15) is 25.2 Å². The third kappa shape index (κ3) is 4.34. The Hall–Kier alpha value is -3.29. The minimum Gasteiger partial charge on any atom is -0.323 e. The van der Waals surface area contributed by atoms with Crippen LogP contribution in [-0.4, -0.2) is 18.4 Å². The van der Waals surface area contributed by atoms with Crippen molar-refractivity contribution in [3.63, 3.8) is 0 Å². The van der Waals surface area contributed by atoms with E-state index in [1.54, 1.807) is 45.5 Å². The number of aromatic amines is 1. The molecular weight excluding hydrogens is 466 g/mol. The van der Waals surface area contributed by atoms with E-state index in [-0.39, 0.29) is 16.9 Å². The van der Waals surface area contributed by atoms with E-state index in [4.69, 9.17) is 23.2 Å². The summed E-state index contributed by atoms with van der Waals surface area (Å²) in [5.74, 6) is -0.377. The molecule has 6 nitrogen and oxygen atoms in total. The standard InChI is InChI=1S/C15H12ClFN2O.C9H9ClN2O/c1-2-11-9-18-7-6-13(16)14(18)15(20)19(11)12-5-3-4-10(17)8-12;1-2-6-5-12-4-3-7(10)8(12)9(13)11-6/h3-9H,2H2,1H3;3-5H,2H2,1H3,(H,11,13). The number of aromatic nitrogens is 4. The first-order chi connectivity index (χ1) is 15.8. The van der Waals surface area contributed by atoms with Gasteiger partial charge in [-0.15, -0.1) is 0 Å². The Morgan fingerprint density at radius 3 is 2.21 bits per heavy atom. The molecule has 0 amide bonds. The molecule has 0 aliphatic heterocycles. The van der Waals surface area contributed by atoms with Crippen molar-refractivity contribution in [3.05, 3.63) is 109 Å². The number of nitrogens with zero attached hydrogens (tertiary/aromatic N) is 3. The normalized spacial score (nSPS) is 11.1. The molecule has 0 unspecified atom stereocenters. The molecule has 0 aliphatic carbocycles. The predicted octanol–water partition coefficient (Wildman–Crippen LogP) is 5.29. The second-order valence-corrected chi connectivity index (χ2v) is 8.21. The third-order valence-corrected chi connectivity index (χ3v) is 5.92. The van der Waals surface area contributed by atoms with E-state index in [1.165, 1.54) is 16.7 Å². The van der Waals surface area contributed by atoms with Crippen molar-refractivity contribution in [2.24, 2.45) is 0 Å². The fraction of sp³-hybridized carbons (Fsp3) is 0.167. The van der Waals surface area contributed by atoms with Crippen molar-refractivity contribution in [1.29, 1.82) is 0 Å². The van der Waals surface area contributed by atoms with Crippen molar-refractivity contribution >= 4 is 34.2 Å². The van der Waals surface area contributed by atoms with Gasteiger partial charge in [-0.2, -0.15) is 0 Å². The first-order valence-electron chi connectivity index (χ1n) is 10.4. The van der Waals surface area contributed by atoms with Gasteiger partial charge in [0, 0.05) is 36.2 Å². The number of H-pyrrole nitrogens is 1. The van der Waals surface area contributed by atoms with Gasteiger partial charge in [-0.05, 0) is 43.2 Å². The Labute approximate surface area is 198 Å². The van der Waals surface area contributed by atoms with E-state index in [1.807, 2.05) is 26.2 Å². The molecule has 4 heterocycles. The Balaban J connectivity index is 0.000000172. The van der Waals surface area contributed by atoms with Crippen LogP contribution in [0.2, 0.25) is 10.0 Å². The van der Waals surface area contributed by atoms with Gasteiger partial charge in [-0.1, -0.05) is 43.1 Å². The lowest BCUT2D eigenvalue weighted by Gasteiger charge is -2.13. The first-order valence-corrected chi connectivity index (χ1v) is 11.1. The van der Waals surface area contributed by atoms with Crippen LogP contribution in [0.4, 0.5) is 4.39 Å². The summed E-state index contributed by atoms with van der Waals surface area (Å²) >= 11 is 11.9. The van der Waals surface area contributed by atoms with Gasteiger partial charge in [-0.3, -0.25) is 14.2 Å². The molecule has 0 atom stereocenters. The smallest absolute Gasteiger partial charge is 0.281 e. The van der Waals surface area contributed by atoms with Crippen LogP contribution in [0.3, 0.4) is 0 Å². The maximum atomic E-state index is 13.4. The molecule has 1 aromatic carbocycles. The molecule has 4 aromatic heterocycles. The molecule has 170 valence electrons. The van der Waals surface area contributed by atoms with Crippen molar-refractivity contribution in [2.45, 2.75) is 26.7 Å². The van der Waals surface area contributed by atoms with Crippen molar-refractivity contribution in [3.8, 4) is 5.69 Å². The molecule has 33 heavy (non-hydrogen) atoms. The summed E-state index contributed by atoms with van der Waals surface area (Å²) in [7, 11) is 0. The number of benzene rings is 1. The predicted molar refractivity (Wildman–Crippen MR) is 130 cm³/mol. The Morgan fingerprint density at radius 1 is 0.909 bits per heavy atom.